The van der Waals surface area contributed by atoms with Crippen molar-refractivity contribution in [1.29, 1.82) is 0 Å². The zero-order valence-electron chi connectivity index (χ0n) is 14.9. The van der Waals surface area contributed by atoms with E-state index in [4.69, 9.17) is 0 Å². The van der Waals surface area contributed by atoms with Crippen LogP contribution in [-0.2, 0) is 9.84 Å². The molecule has 0 aliphatic rings. The third kappa shape index (κ3) is 5.46. The summed E-state index contributed by atoms with van der Waals surface area (Å²) in [6.45, 7) is 7.87. The Hall–Kier alpha value is -2.20. The molecule has 0 amide bonds. The summed E-state index contributed by atoms with van der Waals surface area (Å²) in [5, 5.41) is 1.22. The third-order valence-electron chi connectivity index (χ3n) is 3.33. The van der Waals surface area contributed by atoms with E-state index in [0.717, 1.165) is 11.1 Å². The number of aromatic nitrogens is 1. The second kappa shape index (κ2) is 9.18. The average Bonchev–Trinajstić information content (AvgIpc) is 2.57. The molecule has 0 saturated carbocycles. The first-order valence-corrected chi connectivity index (χ1v) is 9.85. The number of aryl methyl sites for hydroxylation is 2. The van der Waals surface area contributed by atoms with Crippen molar-refractivity contribution in [2.45, 2.75) is 32.6 Å². The summed E-state index contributed by atoms with van der Waals surface area (Å²) in [6.07, 6.45) is 3.05. The zero-order valence-corrected chi connectivity index (χ0v) is 15.8. The standard InChI is InChI=1S/C10H9N.C8H10O2S.C2H6.H2/c1-8-4-2-5-9-6-3-7-11-10(8)9;1-7-5-3-4-6-8(7)11(2,9)10;1-2;/h2-7H,1H3;3-6H,1-2H3;1-2H3;1H. The molecule has 3 aromatic rings. The fourth-order valence-corrected chi connectivity index (χ4v) is 3.21. The molecule has 24 heavy (non-hydrogen) atoms. The van der Waals surface area contributed by atoms with E-state index in [1.807, 2.05) is 32.2 Å². The van der Waals surface area contributed by atoms with Crippen LogP contribution in [0.25, 0.3) is 10.9 Å². The highest BCUT2D eigenvalue weighted by molar-refractivity contribution is 7.90. The van der Waals surface area contributed by atoms with E-state index >= 15 is 0 Å². The molecule has 0 spiro atoms. The van der Waals surface area contributed by atoms with E-state index in [1.54, 1.807) is 25.1 Å². The molecule has 0 bridgehead atoms. The fourth-order valence-electron chi connectivity index (χ4n) is 2.23. The summed E-state index contributed by atoms with van der Waals surface area (Å²) in [4.78, 5) is 4.70. The second-order valence-electron chi connectivity index (χ2n) is 5.19. The van der Waals surface area contributed by atoms with Gasteiger partial charge in [-0.25, -0.2) is 8.42 Å². The highest BCUT2D eigenvalue weighted by Crippen LogP contribution is 2.14. The van der Waals surface area contributed by atoms with Crippen molar-refractivity contribution >= 4 is 20.7 Å². The van der Waals surface area contributed by atoms with Crippen LogP contribution < -0.4 is 0 Å². The van der Waals surface area contributed by atoms with Gasteiger partial charge in [-0.15, -0.1) is 0 Å². The van der Waals surface area contributed by atoms with Gasteiger partial charge in [0.25, 0.3) is 0 Å². The van der Waals surface area contributed by atoms with Gasteiger partial charge >= 0.3 is 0 Å². The van der Waals surface area contributed by atoms with E-state index < -0.39 is 9.84 Å². The highest BCUT2D eigenvalue weighted by Gasteiger charge is 2.07. The second-order valence-corrected chi connectivity index (χ2v) is 7.17. The van der Waals surface area contributed by atoms with E-state index in [9.17, 15) is 8.42 Å². The normalized spacial score (nSPS) is 10.2. The van der Waals surface area contributed by atoms with Crippen LogP contribution in [0.15, 0.2) is 65.7 Å². The summed E-state index contributed by atoms with van der Waals surface area (Å²) >= 11 is 0. The van der Waals surface area contributed by atoms with Gasteiger partial charge in [0, 0.05) is 19.3 Å². The lowest BCUT2D eigenvalue weighted by molar-refractivity contribution is 0.601. The molecule has 0 saturated heterocycles. The predicted octanol–water partition coefficient (Wildman–Crippen LogP) is 5.21. The first-order valence-electron chi connectivity index (χ1n) is 7.95. The maximum Gasteiger partial charge on any atom is 0.175 e. The lowest BCUT2D eigenvalue weighted by Gasteiger charge is -2.00. The average molecular weight is 346 g/mol. The molecule has 2 aromatic carbocycles. The molecule has 0 aliphatic carbocycles. The van der Waals surface area contributed by atoms with Gasteiger partial charge in [-0.3, -0.25) is 4.98 Å². The molecule has 3 rings (SSSR count). The Morgan fingerprint density at radius 1 is 0.833 bits per heavy atom. The van der Waals surface area contributed by atoms with Gasteiger partial charge in [-0.2, -0.15) is 0 Å². The van der Waals surface area contributed by atoms with Crippen LogP contribution >= 0.6 is 0 Å². The third-order valence-corrected chi connectivity index (χ3v) is 4.58. The van der Waals surface area contributed by atoms with Crippen LogP contribution in [0.2, 0.25) is 0 Å². The highest BCUT2D eigenvalue weighted by atomic mass is 32.2. The number of rotatable bonds is 1. The molecule has 0 fully saturated rings. The maximum absolute atomic E-state index is 11.1. The summed E-state index contributed by atoms with van der Waals surface area (Å²) in [7, 11) is -3.03. The van der Waals surface area contributed by atoms with Crippen molar-refractivity contribution in [3.05, 3.63) is 71.9 Å². The fraction of sp³-hybridized carbons (Fsp3) is 0.250. The maximum atomic E-state index is 11.1. The first kappa shape index (κ1) is 19.8. The molecule has 3 nitrogen and oxygen atoms in total. The van der Waals surface area contributed by atoms with Crippen LogP contribution in [0.3, 0.4) is 0 Å². The number of sulfone groups is 1. The molecule has 4 heteroatoms. The van der Waals surface area contributed by atoms with E-state index in [2.05, 4.69) is 36.2 Å². The molecule has 0 atom stereocenters. The molecule has 0 unspecified atom stereocenters. The van der Waals surface area contributed by atoms with E-state index in [1.165, 1.54) is 17.2 Å². The molecule has 1 heterocycles. The number of benzene rings is 2. The number of hydrogen-bond acceptors (Lipinski definition) is 3. The number of nitrogens with zero attached hydrogens (tertiary/aromatic N) is 1. The van der Waals surface area contributed by atoms with Crippen molar-refractivity contribution < 1.29 is 9.84 Å². The molecule has 0 radical (unpaired) electrons. The monoisotopic (exact) mass is 345 g/mol. The minimum atomic E-state index is -3.03. The molecular weight excluding hydrogens is 318 g/mol. The Balaban J connectivity index is 0.000000405. The molecular formula is C20H27NO2S. The lowest BCUT2D eigenvalue weighted by atomic mass is 10.1. The van der Waals surface area contributed by atoms with Crippen molar-refractivity contribution in [2.75, 3.05) is 6.26 Å². The van der Waals surface area contributed by atoms with Crippen molar-refractivity contribution in [1.82, 2.24) is 4.98 Å². The number of pyridine rings is 1. The van der Waals surface area contributed by atoms with Gasteiger partial charge in [0.2, 0.25) is 0 Å². The largest absolute Gasteiger partial charge is 0.256 e. The lowest BCUT2D eigenvalue weighted by Crippen LogP contribution is -1.98. The van der Waals surface area contributed by atoms with Gasteiger partial charge in [-0.05, 0) is 37.1 Å². The van der Waals surface area contributed by atoms with Crippen LogP contribution in [0.1, 0.15) is 26.4 Å². The molecule has 130 valence electrons. The topological polar surface area (TPSA) is 47.0 Å². The Bertz CT molecular complexity index is 888. The first-order chi connectivity index (χ1) is 11.4. The minimum Gasteiger partial charge on any atom is -0.256 e. The Kier molecular flexibility index (Phi) is 7.59. The Morgan fingerprint density at radius 3 is 1.96 bits per heavy atom. The SMILES string of the molecule is CC.Cc1cccc2cccnc12.Cc1ccccc1S(C)(=O)=O.[HH]. The van der Waals surface area contributed by atoms with Gasteiger partial charge in [0.15, 0.2) is 9.84 Å². The summed E-state index contributed by atoms with van der Waals surface area (Å²) in [5.74, 6) is 0. The predicted molar refractivity (Wildman–Crippen MR) is 104 cm³/mol. The van der Waals surface area contributed by atoms with Gasteiger partial charge < -0.3 is 0 Å². The summed E-state index contributed by atoms with van der Waals surface area (Å²) in [6, 6.07) is 17.2. The molecule has 0 N–H and O–H groups in total. The van der Waals surface area contributed by atoms with Gasteiger partial charge in [-0.1, -0.05) is 56.3 Å². The Labute approximate surface area is 146 Å². The van der Waals surface area contributed by atoms with Crippen molar-refractivity contribution in [3.8, 4) is 0 Å². The van der Waals surface area contributed by atoms with Crippen molar-refractivity contribution in [3.63, 3.8) is 0 Å². The zero-order chi connectivity index (χ0) is 18.2. The summed E-state index contributed by atoms with van der Waals surface area (Å²) < 4.78 is 22.1. The van der Waals surface area contributed by atoms with Crippen LogP contribution in [0.5, 0.6) is 0 Å². The number of para-hydroxylation sites is 1. The quantitative estimate of drug-likeness (QED) is 0.608. The number of hydrogen-bond donors (Lipinski definition) is 0. The van der Waals surface area contributed by atoms with E-state index in [-0.39, 0.29) is 1.43 Å². The minimum absolute atomic E-state index is 0. The van der Waals surface area contributed by atoms with Crippen LogP contribution in [-0.4, -0.2) is 19.7 Å². The summed E-state index contributed by atoms with van der Waals surface area (Å²) in [5.41, 5.74) is 3.15. The Morgan fingerprint density at radius 2 is 1.42 bits per heavy atom. The van der Waals surface area contributed by atoms with Gasteiger partial charge in [0.05, 0.1) is 10.4 Å². The van der Waals surface area contributed by atoms with Gasteiger partial charge in [0.1, 0.15) is 0 Å². The van der Waals surface area contributed by atoms with E-state index in [0.29, 0.717) is 4.90 Å². The number of fused-ring (bicyclic) bond motifs is 1. The van der Waals surface area contributed by atoms with Crippen molar-refractivity contribution in [2.24, 2.45) is 0 Å². The smallest absolute Gasteiger partial charge is 0.175 e. The molecule has 1 aromatic heterocycles. The molecule has 0 aliphatic heterocycles. The van der Waals surface area contributed by atoms with Crippen LogP contribution in [0, 0.1) is 13.8 Å². The van der Waals surface area contributed by atoms with Crippen LogP contribution in [0.4, 0.5) is 0 Å².